The maximum absolute atomic E-state index is 9.88. The lowest BCUT2D eigenvalue weighted by molar-refractivity contribution is -0.146. The fourth-order valence-electron chi connectivity index (χ4n) is 3.00. The summed E-state index contributed by atoms with van der Waals surface area (Å²) < 4.78 is 0. The monoisotopic (exact) mass is 302 g/mol. The minimum absolute atomic E-state index is 0.534. The van der Waals surface area contributed by atoms with Gasteiger partial charge in [-0.3, -0.25) is 5.32 Å². The largest absolute Gasteiger partial charge is 0.379 e. The predicted molar refractivity (Wildman–Crippen MR) is 90.1 cm³/mol. The van der Waals surface area contributed by atoms with Gasteiger partial charge in [-0.05, 0) is 50.1 Å². The van der Waals surface area contributed by atoms with Gasteiger partial charge in [-0.1, -0.05) is 36.4 Å². The van der Waals surface area contributed by atoms with E-state index in [1.807, 2.05) is 26.0 Å². The van der Waals surface area contributed by atoms with Gasteiger partial charge in [0.1, 0.15) is 12.5 Å². The van der Waals surface area contributed by atoms with Crippen molar-refractivity contribution >= 4 is 10.8 Å². The quantitative estimate of drug-likeness (QED) is 0.718. The van der Waals surface area contributed by atoms with Crippen LogP contribution in [0.4, 0.5) is 0 Å². The third kappa shape index (κ3) is 3.84. The van der Waals surface area contributed by atoms with Gasteiger partial charge >= 0.3 is 0 Å². The number of hydrogen-bond donors (Lipinski definition) is 3. The first-order chi connectivity index (χ1) is 10.3. The lowest BCUT2D eigenvalue weighted by Gasteiger charge is -2.43. The molecule has 0 bridgehead atoms. The Hall–Kier alpha value is -1.46. The molecule has 0 aliphatic carbocycles. The van der Waals surface area contributed by atoms with E-state index < -0.39 is 18.1 Å². The van der Waals surface area contributed by atoms with Gasteiger partial charge in [0.05, 0.1) is 5.66 Å². The van der Waals surface area contributed by atoms with Crippen molar-refractivity contribution in [3.8, 4) is 0 Å². The van der Waals surface area contributed by atoms with Crippen LogP contribution in [-0.2, 0) is 6.54 Å². The molecular weight excluding hydrogens is 276 g/mol. The number of nitrogens with zero attached hydrogens (tertiary/aromatic N) is 1. The van der Waals surface area contributed by atoms with Gasteiger partial charge in [-0.2, -0.15) is 0 Å². The summed E-state index contributed by atoms with van der Waals surface area (Å²) >= 11 is 0. The molecule has 0 spiro atoms. The predicted octanol–water partition coefficient (Wildman–Crippen LogP) is 2.64. The number of benzene rings is 2. The van der Waals surface area contributed by atoms with E-state index >= 15 is 0 Å². The summed E-state index contributed by atoms with van der Waals surface area (Å²) in [6, 6.07) is 14.6. The Bertz CT molecular complexity index is 615. The third-order valence-electron chi connectivity index (χ3n) is 3.99. The molecule has 2 aromatic carbocycles. The number of hydrogen-bond acceptors (Lipinski definition) is 4. The van der Waals surface area contributed by atoms with Crippen LogP contribution in [0.2, 0.25) is 0 Å². The van der Waals surface area contributed by atoms with Gasteiger partial charge in [-0.15, -0.1) is 0 Å². The summed E-state index contributed by atoms with van der Waals surface area (Å²) in [7, 11) is 0. The first-order valence-electron chi connectivity index (χ1n) is 7.68. The van der Waals surface area contributed by atoms with Crippen LogP contribution in [-0.4, -0.2) is 33.2 Å². The molecule has 4 heteroatoms. The normalized spacial score (nSPS) is 15.2. The van der Waals surface area contributed by atoms with Crippen molar-refractivity contribution < 1.29 is 10.2 Å². The Morgan fingerprint density at radius 3 is 2.18 bits per heavy atom. The van der Waals surface area contributed by atoms with Crippen molar-refractivity contribution in [2.45, 2.75) is 52.4 Å². The van der Waals surface area contributed by atoms with E-state index in [1.54, 1.807) is 18.7 Å². The second kappa shape index (κ2) is 6.75. The van der Waals surface area contributed by atoms with Crippen LogP contribution < -0.4 is 5.32 Å². The van der Waals surface area contributed by atoms with E-state index in [2.05, 4.69) is 35.6 Å². The molecule has 0 heterocycles. The van der Waals surface area contributed by atoms with E-state index in [9.17, 15) is 10.2 Å². The zero-order chi connectivity index (χ0) is 16.3. The van der Waals surface area contributed by atoms with Crippen molar-refractivity contribution in [1.82, 2.24) is 10.2 Å². The second-order valence-corrected chi connectivity index (χ2v) is 6.27. The van der Waals surface area contributed by atoms with Crippen LogP contribution in [0, 0.1) is 0 Å². The van der Waals surface area contributed by atoms with Gasteiger partial charge in [-0.25, -0.2) is 4.90 Å². The molecular formula is C18H26N2O2. The SMILES string of the molecule is CC(O)N(C(C)O)C(C)(C)NCc1ccc2ccccc2c1. The summed E-state index contributed by atoms with van der Waals surface area (Å²) in [4.78, 5) is 1.63. The highest BCUT2D eigenvalue weighted by atomic mass is 16.3. The molecule has 0 saturated heterocycles. The fourth-order valence-corrected chi connectivity index (χ4v) is 3.00. The van der Waals surface area contributed by atoms with Crippen LogP contribution in [0.15, 0.2) is 42.5 Å². The summed E-state index contributed by atoms with van der Waals surface area (Å²) in [6.07, 6.45) is -1.47. The van der Waals surface area contributed by atoms with Crippen LogP contribution in [0.1, 0.15) is 33.3 Å². The maximum Gasteiger partial charge on any atom is 0.107 e. The van der Waals surface area contributed by atoms with Gasteiger partial charge in [0.25, 0.3) is 0 Å². The Balaban J connectivity index is 2.12. The average molecular weight is 302 g/mol. The van der Waals surface area contributed by atoms with E-state index in [-0.39, 0.29) is 0 Å². The highest BCUT2D eigenvalue weighted by molar-refractivity contribution is 5.82. The Morgan fingerprint density at radius 2 is 1.59 bits per heavy atom. The zero-order valence-electron chi connectivity index (χ0n) is 13.7. The number of aliphatic hydroxyl groups excluding tert-OH is 2. The Kier molecular flexibility index (Phi) is 5.19. The first kappa shape index (κ1) is 16.9. The molecule has 3 N–H and O–H groups in total. The standard InChI is InChI=1S/C18H26N2O2/c1-13(21)20(14(2)22)18(3,4)19-12-15-9-10-16-7-5-6-8-17(16)11-15/h5-11,13-14,19,21-22H,12H2,1-4H3. The minimum Gasteiger partial charge on any atom is -0.379 e. The molecule has 0 saturated carbocycles. The van der Waals surface area contributed by atoms with E-state index in [0.717, 1.165) is 0 Å². The summed E-state index contributed by atoms with van der Waals surface area (Å²) in [5.74, 6) is 0. The smallest absolute Gasteiger partial charge is 0.107 e. The van der Waals surface area contributed by atoms with Gasteiger partial charge < -0.3 is 10.2 Å². The maximum atomic E-state index is 9.88. The second-order valence-electron chi connectivity index (χ2n) is 6.27. The van der Waals surface area contributed by atoms with Crippen molar-refractivity contribution in [3.05, 3.63) is 48.0 Å². The molecule has 4 nitrogen and oxygen atoms in total. The molecule has 0 aliphatic heterocycles. The number of fused-ring (bicyclic) bond motifs is 1. The van der Waals surface area contributed by atoms with Gasteiger partial charge in [0.2, 0.25) is 0 Å². The highest BCUT2D eigenvalue weighted by Crippen LogP contribution is 2.19. The molecule has 2 atom stereocenters. The van der Waals surface area contributed by atoms with Crippen molar-refractivity contribution in [3.63, 3.8) is 0 Å². The van der Waals surface area contributed by atoms with Crippen LogP contribution in [0.5, 0.6) is 0 Å². The number of rotatable bonds is 6. The van der Waals surface area contributed by atoms with Gasteiger partial charge in [0.15, 0.2) is 0 Å². The van der Waals surface area contributed by atoms with Crippen molar-refractivity contribution in [2.75, 3.05) is 0 Å². The molecule has 0 fully saturated rings. The molecule has 0 aliphatic rings. The molecule has 22 heavy (non-hydrogen) atoms. The van der Waals surface area contributed by atoms with E-state index in [1.165, 1.54) is 16.3 Å². The third-order valence-corrected chi connectivity index (χ3v) is 3.99. The van der Waals surface area contributed by atoms with Crippen molar-refractivity contribution in [1.29, 1.82) is 0 Å². The average Bonchev–Trinajstić information content (AvgIpc) is 2.43. The van der Waals surface area contributed by atoms with E-state index in [4.69, 9.17) is 0 Å². The fraction of sp³-hybridized carbons (Fsp3) is 0.444. The van der Waals surface area contributed by atoms with Crippen LogP contribution >= 0.6 is 0 Å². The van der Waals surface area contributed by atoms with E-state index in [0.29, 0.717) is 6.54 Å². The molecule has 0 amide bonds. The molecule has 120 valence electrons. The highest BCUT2D eigenvalue weighted by Gasteiger charge is 2.32. The lowest BCUT2D eigenvalue weighted by atomic mass is 10.1. The zero-order valence-corrected chi connectivity index (χ0v) is 13.7. The van der Waals surface area contributed by atoms with Crippen molar-refractivity contribution in [2.24, 2.45) is 0 Å². The molecule has 2 unspecified atom stereocenters. The summed E-state index contributed by atoms with van der Waals surface area (Å²) in [5.41, 5.74) is 0.636. The van der Waals surface area contributed by atoms with Gasteiger partial charge in [0, 0.05) is 6.54 Å². The minimum atomic E-state index is -0.737. The Morgan fingerprint density at radius 1 is 1.00 bits per heavy atom. The molecule has 2 aromatic rings. The number of nitrogens with one attached hydrogen (secondary N) is 1. The number of aliphatic hydroxyl groups is 2. The molecule has 0 radical (unpaired) electrons. The lowest BCUT2D eigenvalue weighted by Crippen LogP contribution is -2.60. The Labute approximate surface area is 132 Å². The summed E-state index contributed by atoms with van der Waals surface area (Å²) in [5, 5.41) is 25.6. The topological polar surface area (TPSA) is 55.7 Å². The van der Waals surface area contributed by atoms with Crippen LogP contribution in [0.3, 0.4) is 0 Å². The molecule has 0 aromatic heterocycles. The molecule has 2 rings (SSSR count). The van der Waals surface area contributed by atoms with Crippen LogP contribution in [0.25, 0.3) is 10.8 Å². The summed E-state index contributed by atoms with van der Waals surface area (Å²) in [6.45, 7) is 7.88. The first-order valence-corrected chi connectivity index (χ1v) is 7.68.